The zero-order chi connectivity index (χ0) is 17.6. The van der Waals surface area contributed by atoms with E-state index < -0.39 is 0 Å². The third-order valence-electron chi connectivity index (χ3n) is 4.51. The highest BCUT2D eigenvalue weighted by atomic mass is 35.5. The molecule has 9 heteroatoms. The standard InChI is InChI=1S/C18H25N5OS.2ClH/c1-2-16-20-18(25-21-16)23-10-6-9-22(11-12-23)17(24)13-15(19)14-7-4-3-5-8-14;;/h3-5,7-8,15H,2,6,9-13,19H2,1H3;2*1H. The summed E-state index contributed by atoms with van der Waals surface area (Å²) in [6.07, 6.45) is 2.14. The molecule has 1 aromatic heterocycles. The number of nitrogens with zero attached hydrogens (tertiary/aromatic N) is 4. The topological polar surface area (TPSA) is 75.4 Å². The van der Waals surface area contributed by atoms with E-state index in [-0.39, 0.29) is 36.8 Å². The average Bonchev–Trinajstić information content (AvgIpc) is 2.99. The minimum Gasteiger partial charge on any atom is -0.345 e. The predicted molar refractivity (Wildman–Crippen MR) is 115 cm³/mol. The summed E-state index contributed by atoms with van der Waals surface area (Å²) in [4.78, 5) is 21.4. The number of aryl methyl sites for hydroxylation is 1. The van der Waals surface area contributed by atoms with Crippen molar-refractivity contribution in [3.05, 3.63) is 41.7 Å². The van der Waals surface area contributed by atoms with Crippen molar-refractivity contribution in [2.24, 2.45) is 5.73 Å². The van der Waals surface area contributed by atoms with E-state index in [2.05, 4.69) is 21.2 Å². The number of amides is 1. The van der Waals surface area contributed by atoms with Crippen molar-refractivity contribution in [1.82, 2.24) is 14.3 Å². The molecule has 0 aliphatic carbocycles. The number of nitrogens with two attached hydrogens (primary N) is 1. The zero-order valence-electron chi connectivity index (χ0n) is 15.4. The molecule has 1 amide bonds. The maximum Gasteiger partial charge on any atom is 0.224 e. The first-order chi connectivity index (χ1) is 12.2. The molecule has 1 aliphatic heterocycles. The molecule has 0 saturated carbocycles. The lowest BCUT2D eigenvalue weighted by molar-refractivity contribution is -0.131. The molecule has 27 heavy (non-hydrogen) atoms. The Morgan fingerprint density at radius 2 is 1.93 bits per heavy atom. The van der Waals surface area contributed by atoms with Gasteiger partial charge in [0.2, 0.25) is 11.0 Å². The Morgan fingerprint density at radius 1 is 1.19 bits per heavy atom. The summed E-state index contributed by atoms with van der Waals surface area (Å²) < 4.78 is 4.36. The van der Waals surface area contributed by atoms with Crippen molar-refractivity contribution in [2.75, 3.05) is 31.1 Å². The molecule has 2 aromatic rings. The van der Waals surface area contributed by atoms with Gasteiger partial charge in [-0.1, -0.05) is 37.3 Å². The molecule has 0 spiro atoms. The minimum atomic E-state index is -0.247. The fourth-order valence-corrected chi connectivity index (χ4v) is 3.81. The quantitative estimate of drug-likeness (QED) is 0.786. The molecule has 1 aromatic carbocycles. The van der Waals surface area contributed by atoms with Gasteiger partial charge in [-0.2, -0.15) is 4.37 Å². The molecule has 1 saturated heterocycles. The number of carbonyl (C=O) groups is 1. The van der Waals surface area contributed by atoms with Gasteiger partial charge in [0.05, 0.1) is 0 Å². The van der Waals surface area contributed by atoms with E-state index in [1.807, 2.05) is 35.2 Å². The van der Waals surface area contributed by atoms with Crippen molar-refractivity contribution >= 4 is 47.4 Å². The van der Waals surface area contributed by atoms with Gasteiger partial charge < -0.3 is 15.5 Å². The second-order valence-electron chi connectivity index (χ2n) is 6.29. The summed E-state index contributed by atoms with van der Waals surface area (Å²) in [5.74, 6) is 1.02. The van der Waals surface area contributed by atoms with Crippen molar-refractivity contribution in [3.63, 3.8) is 0 Å². The molecule has 0 bridgehead atoms. The number of aromatic nitrogens is 2. The van der Waals surface area contributed by atoms with Crippen LogP contribution < -0.4 is 10.6 Å². The Balaban J connectivity index is 0.00000182. The monoisotopic (exact) mass is 431 g/mol. The first-order valence-corrected chi connectivity index (χ1v) is 9.60. The second kappa shape index (κ2) is 11.4. The first-order valence-electron chi connectivity index (χ1n) is 8.83. The number of benzene rings is 1. The summed E-state index contributed by atoms with van der Waals surface area (Å²) >= 11 is 1.45. The Morgan fingerprint density at radius 3 is 2.59 bits per heavy atom. The van der Waals surface area contributed by atoms with E-state index in [1.54, 1.807) is 0 Å². The van der Waals surface area contributed by atoms with Gasteiger partial charge in [-0.3, -0.25) is 4.79 Å². The van der Waals surface area contributed by atoms with Crippen LogP contribution in [-0.2, 0) is 11.2 Å². The molecule has 1 atom stereocenters. The largest absolute Gasteiger partial charge is 0.345 e. The lowest BCUT2D eigenvalue weighted by Crippen LogP contribution is -2.36. The van der Waals surface area contributed by atoms with Crippen LogP contribution in [-0.4, -0.2) is 46.3 Å². The van der Waals surface area contributed by atoms with E-state index >= 15 is 0 Å². The zero-order valence-corrected chi connectivity index (χ0v) is 17.9. The number of carbonyl (C=O) groups excluding carboxylic acids is 1. The molecule has 1 unspecified atom stereocenters. The average molecular weight is 432 g/mol. The molecular formula is C18H27Cl2N5OS. The predicted octanol–water partition coefficient (Wildman–Crippen LogP) is 3.07. The van der Waals surface area contributed by atoms with Gasteiger partial charge in [-0.05, 0) is 12.0 Å². The summed E-state index contributed by atoms with van der Waals surface area (Å²) in [6, 6.07) is 9.57. The Labute approximate surface area is 177 Å². The number of halogens is 2. The Kier molecular flexibility index (Phi) is 10.0. The molecule has 3 rings (SSSR count). The highest BCUT2D eigenvalue weighted by molar-refractivity contribution is 7.09. The van der Waals surface area contributed by atoms with E-state index in [4.69, 9.17) is 5.73 Å². The lowest BCUT2D eigenvalue weighted by Gasteiger charge is -2.23. The smallest absolute Gasteiger partial charge is 0.224 e. The van der Waals surface area contributed by atoms with Gasteiger partial charge in [0.15, 0.2) is 0 Å². The summed E-state index contributed by atoms with van der Waals surface area (Å²) in [7, 11) is 0. The number of rotatable bonds is 5. The van der Waals surface area contributed by atoms with E-state index in [9.17, 15) is 4.79 Å². The van der Waals surface area contributed by atoms with Crippen molar-refractivity contribution in [2.45, 2.75) is 32.2 Å². The van der Waals surface area contributed by atoms with Gasteiger partial charge >= 0.3 is 0 Å². The van der Waals surface area contributed by atoms with Crippen molar-refractivity contribution in [1.29, 1.82) is 0 Å². The maximum absolute atomic E-state index is 12.6. The van der Waals surface area contributed by atoms with Crippen LogP contribution in [0.2, 0.25) is 0 Å². The fraction of sp³-hybridized carbons (Fsp3) is 0.500. The third-order valence-corrected chi connectivity index (χ3v) is 5.33. The second-order valence-corrected chi connectivity index (χ2v) is 7.02. The summed E-state index contributed by atoms with van der Waals surface area (Å²) in [5, 5.41) is 0.965. The Hall–Kier alpha value is -1.41. The summed E-state index contributed by atoms with van der Waals surface area (Å²) in [6.45, 7) is 5.25. The number of anilines is 1. The highest BCUT2D eigenvalue weighted by Crippen LogP contribution is 2.20. The van der Waals surface area contributed by atoms with Gasteiger partial charge in [0, 0.05) is 56.6 Å². The Bertz CT molecular complexity index is 700. The van der Waals surface area contributed by atoms with Crippen LogP contribution in [0.5, 0.6) is 0 Å². The van der Waals surface area contributed by atoms with Crippen LogP contribution in [0.1, 0.15) is 37.2 Å². The molecule has 6 nitrogen and oxygen atoms in total. The molecule has 0 radical (unpaired) electrons. The van der Waals surface area contributed by atoms with Gasteiger partial charge in [0.1, 0.15) is 5.82 Å². The van der Waals surface area contributed by atoms with Crippen LogP contribution in [0.3, 0.4) is 0 Å². The molecule has 2 heterocycles. The molecule has 1 fully saturated rings. The van der Waals surface area contributed by atoms with Crippen LogP contribution >= 0.6 is 36.3 Å². The van der Waals surface area contributed by atoms with Crippen LogP contribution in [0.15, 0.2) is 30.3 Å². The molecule has 2 N–H and O–H groups in total. The summed E-state index contributed by atoms with van der Waals surface area (Å²) in [5.41, 5.74) is 7.21. The van der Waals surface area contributed by atoms with Crippen LogP contribution in [0, 0.1) is 0 Å². The SMILES string of the molecule is CCc1nsc(N2CCCN(C(=O)CC(N)c3ccccc3)CC2)n1.Cl.Cl. The molecule has 1 aliphatic rings. The normalized spacial score (nSPS) is 15.3. The van der Waals surface area contributed by atoms with E-state index in [0.29, 0.717) is 13.0 Å². The first kappa shape index (κ1) is 23.6. The van der Waals surface area contributed by atoms with E-state index in [0.717, 1.165) is 49.0 Å². The van der Waals surface area contributed by atoms with Crippen LogP contribution in [0.25, 0.3) is 0 Å². The number of hydrogen-bond donors (Lipinski definition) is 1. The van der Waals surface area contributed by atoms with E-state index in [1.165, 1.54) is 11.5 Å². The van der Waals surface area contributed by atoms with Gasteiger partial charge in [-0.25, -0.2) is 4.98 Å². The molecular weight excluding hydrogens is 405 g/mol. The van der Waals surface area contributed by atoms with Crippen molar-refractivity contribution < 1.29 is 4.79 Å². The van der Waals surface area contributed by atoms with Gasteiger partial charge in [0.25, 0.3) is 0 Å². The van der Waals surface area contributed by atoms with Crippen LogP contribution in [0.4, 0.5) is 5.13 Å². The number of hydrogen-bond acceptors (Lipinski definition) is 6. The maximum atomic E-state index is 12.6. The third kappa shape index (κ3) is 6.31. The minimum absolute atomic E-state index is 0. The highest BCUT2D eigenvalue weighted by Gasteiger charge is 2.22. The van der Waals surface area contributed by atoms with Gasteiger partial charge in [-0.15, -0.1) is 24.8 Å². The molecule has 150 valence electrons. The van der Waals surface area contributed by atoms with Crippen molar-refractivity contribution in [3.8, 4) is 0 Å². The lowest BCUT2D eigenvalue weighted by atomic mass is 10.0. The fourth-order valence-electron chi connectivity index (χ4n) is 3.01.